The van der Waals surface area contributed by atoms with Crippen molar-refractivity contribution in [2.75, 3.05) is 13.1 Å². The molecule has 34 heavy (non-hydrogen) atoms. The van der Waals surface area contributed by atoms with Gasteiger partial charge in [0.05, 0.1) is 34.9 Å². The SMILES string of the molecule is CC(c1cccc(C(C)N(CCC#N)Cc2ccccn2)n1)N(CCC#N)Cc1ccccn1. The van der Waals surface area contributed by atoms with E-state index in [1.807, 2.05) is 54.6 Å². The molecule has 2 atom stereocenters. The Morgan fingerprint density at radius 1 is 0.706 bits per heavy atom. The molecule has 0 fully saturated rings. The van der Waals surface area contributed by atoms with Crippen LogP contribution in [-0.4, -0.2) is 37.8 Å². The number of hydrogen-bond donors (Lipinski definition) is 0. The summed E-state index contributed by atoms with van der Waals surface area (Å²) in [4.78, 5) is 18.4. The molecule has 3 rings (SSSR count). The molecule has 0 aliphatic heterocycles. The Balaban J connectivity index is 1.81. The number of nitrogens with zero attached hydrogens (tertiary/aromatic N) is 7. The molecule has 0 bridgehead atoms. The predicted octanol–water partition coefficient (Wildman–Crippen LogP) is 4.83. The normalized spacial score (nSPS) is 12.8. The van der Waals surface area contributed by atoms with Gasteiger partial charge >= 0.3 is 0 Å². The number of hydrogen-bond acceptors (Lipinski definition) is 7. The highest BCUT2D eigenvalue weighted by atomic mass is 15.2. The monoisotopic (exact) mass is 453 g/mol. The second kappa shape index (κ2) is 13.2. The van der Waals surface area contributed by atoms with Gasteiger partial charge in [0, 0.05) is 63.5 Å². The van der Waals surface area contributed by atoms with Crippen LogP contribution in [0, 0.1) is 22.7 Å². The summed E-state index contributed by atoms with van der Waals surface area (Å²) < 4.78 is 0. The van der Waals surface area contributed by atoms with Crippen LogP contribution in [0.15, 0.2) is 67.0 Å². The van der Waals surface area contributed by atoms with Crippen molar-refractivity contribution >= 4 is 0 Å². The molecule has 0 saturated heterocycles. The fourth-order valence-electron chi connectivity index (χ4n) is 3.91. The number of pyridine rings is 3. The molecule has 0 radical (unpaired) electrons. The van der Waals surface area contributed by atoms with E-state index in [0.717, 1.165) is 22.8 Å². The van der Waals surface area contributed by atoms with Gasteiger partial charge in [-0.25, -0.2) is 0 Å². The van der Waals surface area contributed by atoms with E-state index in [1.165, 1.54) is 0 Å². The second-order valence-corrected chi connectivity index (χ2v) is 8.24. The van der Waals surface area contributed by atoms with Crippen LogP contribution in [0.5, 0.6) is 0 Å². The van der Waals surface area contributed by atoms with Gasteiger partial charge in [0.25, 0.3) is 0 Å². The molecule has 7 heteroatoms. The molecule has 3 heterocycles. The Morgan fingerprint density at radius 3 is 1.56 bits per heavy atom. The zero-order valence-electron chi connectivity index (χ0n) is 19.9. The lowest BCUT2D eigenvalue weighted by Gasteiger charge is -2.30. The lowest BCUT2D eigenvalue weighted by molar-refractivity contribution is 0.191. The molecular weight excluding hydrogens is 422 g/mol. The smallest absolute Gasteiger partial charge is 0.0635 e. The Bertz CT molecular complexity index is 1000. The highest BCUT2D eigenvalue weighted by Gasteiger charge is 2.21. The van der Waals surface area contributed by atoms with Crippen molar-refractivity contribution in [2.45, 2.75) is 51.9 Å². The Kier molecular flexibility index (Phi) is 9.66. The number of rotatable bonds is 12. The summed E-state index contributed by atoms with van der Waals surface area (Å²) in [5.41, 5.74) is 3.84. The van der Waals surface area contributed by atoms with Crippen molar-refractivity contribution in [2.24, 2.45) is 0 Å². The molecule has 0 aromatic carbocycles. The first-order chi connectivity index (χ1) is 16.6. The Hall–Kier alpha value is -3.65. The fourth-order valence-corrected chi connectivity index (χ4v) is 3.91. The van der Waals surface area contributed by atoms with Crippen LogP contribution in [0.1, 0.15) is 61.5 Å². The molecular formula is C27H31N7. The zero-order valence-corrected chi connectivity index (χ0v) is 19.9. The molecule has 0 spiro atoms. The summed E-state index contributed by atoms with van der Waals surface area (Å²) in [5.74, 6) is 0. The summed E-state index contributed by atoms with van der Waals surface area (Å²) in [6.07, 6.45) is 4.47. The third-order valence-corrected chi connectivity index (χ3v) is 5.95. The van der Waals surface area contributed by atoms with Gasteiger partial charge < -0.3 is 0 Å². The van der Waals surface area contributed by atoms with Gasteiger partial charge in [-0.15, -0.1) is 0 Å². The first-order valence-electron chi connectivity index (χ1n) is 11.6. The van der Waals surface area contributed by atoms with Crippen LogP contribution in [-0.2, 0) is 13.1 Å². The van der Waals surface area contributed by atoms with Gasteiger partial charge in [-0.1, -0.05) is 18.2 Å². The average molecular weight is 454 g/mol. The summed E-state index contributed by atoms with van der Waals surface area (Å²) in [6.45, 7) is 6.84. The van der Waals surface area contributed by atoms with Crippen molar-refractivity contribution in [3.63, 3.8) is 0 Å². The van der Waals surface area contributed by atoms with E-state index >= 15 is 0 Å². The van der Waals surface area contributed by atoms with Crippen LogP contribution in [0.4, 0.5) is 0 Å². The van der Waals surface area contributed by atoms with Crippen molar-refractivity contribution < 1.29 is 0 Å². The van der Waals surface area contributed by atoms with Crippen molar-refractivity contribution in [3.05, 3.63) is 89.8 Å². The maximum absolute atomic E-state index is 9.16. The van der Waals surface area contributed by atoms with Crippen LogP contribution in [0.3, 0.4) is 0 Å². The first-order valence-corrected chi connectivity index (χ1v) is 11.6. The van der Waals surface area contributed by atoms with Crippen LogP contribution >= 0.6 is 0 Å². The molecule has 0 aliphatic carbocycles. The van der Waals surface area contributed by atoms with Gasteiger partial charge in [-0.3, -0.25) is 24.8 Å². The van der Waals surface area contributed by atoms with E-state index in [2.05, 4.69) is 45.8 Å². The lowest BCUT2D eigenvalue weighted by Crippen LogP contribution is -2.30. The minimum atomic E-state index is 0.0193. The van der Waals surface area contributed by atoms with E-state index in [1.54, 1.807) is 12.4 Å². The second-order valence-electron chi connectivity index (χ2n) is 8.24. The maximum atomic E-state index is 9.16. The van der Waals surface area contributed by atoms with Gasteiger partial charge in [-0.2, -0.15) is 10.5 Å². The average Bonchev–Trinajstić information content (AvgIpc) is 2.89. The highest BCUT2D eigenvalue weighted by molar-refractivity contribution is 5.18. The van der Waals surface area contributed by atoms with Crippen molar-refractivity contribution in [1.82, 2.24) is 24.8 Å². The number of aromatic nitrogens is 3. The summed E-state index contributed by atoms with van der Waals surface area (Å²) in [6, 6.07) is 22.4. The Morgan fingerprint density at radius 2 is 1.18 bits per heavy atom. The van der Waals surface area contributed by atoms with Gasteiger partial charge in [0.1, 0.15) is 0 Å². The van der Waals surface area contributed by atoms with Crippen LogP contribution in [0.2, 0.25) is 0 Å². The van der Waals surface area contributed by atoms with Crippen LogP contribution in [0.25, 0.3) is 0 Å². The molecule has 174 valence electrons. The standard InChI is InChI=1S/C27H31N7/c1-22(33(18-8-14-28)20-24-10-3-5-16-30-24)26-12-7-13-27(32-26)23(2)34(19-9-15-29)21-25-11-4-6-17-31-25/h3-7,10-13,16-17,22-23H,8-9,18-21H2,1-2H3. The summed E-state index contributed by atoms with van der Waals surface area (Å²) >= 11 is 0. The number of nitriles is 2. The third-order valence-electron chi connectivity index (χ3n) is 5.95. The van der Waals surface area contributed by atoms with E-state index in [0.29, 0.717) is 39.0 Å². The van der Waals surface area contributed by atoms with Gasteiger partial charge in [0.15, 0.2) is 0 Å². The first kappa shape index (κ1) is 25.0. The molecule has 2 unspecified atom stereocenters. The van der Waals surface area contributed by atoms with Gasteiger partial charge in [-0.05, 0) is 50.2 Å². The van der Waals surface area contributed by atoms with Crippen molar-refractivity contribution in [3.8, 4) is 12.1 Å². The fraction of sp³-hybridized carbons (Fsp3) is 0.370. The van der Waals surface area contributed by atoms with Crippen LogP contribution < -0.4 is 0 Å². The lowest BCUT2D eigenvalue weighted by atomic mass is 10.1. The predicted molar refractivity (Wildman–Crippen MR) is 131 cm³/mol. The summed E-state index contributed by atoms with van der Waals surface area (Å²) in [7, 11) is 0. The highest BCUT2D eigenvalue weighted by Crippen LogP contribution is 2.25. The largest absolute Gasteiger partial charge is 0.288 e. The van der Waals surface area contributed by atoms with Crippen molar-refractivity contribution in [1.29, 1.82) is 10.5 Å². The van der Waals surface area contributed by atoms with E-state index in [4.69, 9.17) is 15.5 Å². The zero-order chi connectivity index (χ0) is 24.2. The summed E-state index contributed by atoms with van der Waals surface area (Å²) in [5, 5.41) is 18.3. The molecule has 0 amide bonds. The molecule has 0 saturated carbocycles. The van der Waals surface area contributed by atoms with E-state index < -0.39 is 0 Å². The maximum Gasteiger partial charge on any atom is 0.0635 e. The Labute approximate surface area is 202 Å². The minimum absolute atomic E-state index is 0.0193. The molecule has 3 aromatic heterocycles. The van der Waals surface area contributed by atoms with E-state index in [-0.39, 0.29) is 12.1 Å². The molecule has 0 N–H and O–H groups in total. The molecule has 3 aromatic rings. The molecule has 0 aliphatic rings. The third kappa shape index (κ3) is 7.18. The van der Waals surface area contributed by atoms with E-state index in [9.17, 15) is 0 Å². The topological polar surface area (TPSA) is 92.7 Å². The van der Waals surface area contributed by atoms with Gasteiger partial charge in [0.2, 0.25) is 0 Å². The quantitative estimate of drug-likeness (QED) is 0.388. The molecule has 7 nitrogen and oxygen atoms in total. The minimum Gasteiger partial charge on any atom is -0.288 e.